The van der Waals surface area contributed by atoms with Crippen molar-refractivity contribution in [3.63, 3.8) is 0 Å². The van der Waals surface area contributed by atoms with E-state index in [4.69, 9.17) is 23.2 Å². The number of rotatable bonds is 5. The van der Waals surface area contributed by atoms with E-state index >= 15 is 0 Å². The van der Waals surface area contributed by atoms with Crippen LogP contribution in [0.25, 0.3) is 0 Å². The number of benzene rings is 2. The lowest BCUT2D eigenvalue weighted by atomic mass is 9.89. The first-order chi connectivity index (χ1) is 9.63. The highest BCUT2D eigenvalue weighted by atomic mass is 35.5. The summed E-state index contributed by atoms with van der Waals surface area (Å²) in [5.74, 6) is 0.0391. The Morgan fingerprint density at radius 1 is 1.00 bits per heavy atom. The molecule has 0 fully saturated rings. The van der Waals surface area contributed by atoms with Crippen LogP contribution in [0, 0.1) is 0 Å². The zero-order valence-corrected chi connectivity index (χ0v) is 12.8. The van der Waals surface area contributed by atoms with Gasteiger partial charge in [0, 0.05) is 22.4 Å². The van der Waals surface area contributed by atoms with Crippen LogP contribution in [0.4, 0.5) is 0 Å². The topological polar surface area (TPSA) is 17.1 Å². The van der Waals surface area contributed by atoms with Crippen molar-refractivity contribution >= 4 is 29.0 Å². The summed E-state index contributed by atoms with van der Waals surface area (Å²) < 4.78 is 0. The van der Waals surface area contributed by atoms with Crippen LogP contribution >= 0.6 is 23.2 Å². The standard InChI is InChI=1S/C17H16Cl2O/c1-2-13(12-7-4-3-5-8-12)17(20)11-14-15(18)9-6-10-16(14)19/h3-10,13H,2,11H2,1H3. The second-order valence-electron chi connectivity index (χ2n) is 4.71. The largest absolute Gasteiger partial charge is 0.299 e. The SMILES string of the molecule is CCC(C(=O)Cc1c(Cl)cccc1Cl)c1ccccc1. The van der Waals surface area contributed by atoms with E-state index in [1.807, 2.05) is 37.3 Å². The van der Waals surface area contributed by atoms with Crippen LogP contribution in [-0.4, -0.2) is 5.78 Å². The molecule has 0 spiro atoms. The minimum Gasteiger partial charge on any atom is -0.299 e. The summed E-state index contributed by atoms with van der Waals surface area (Å²) in [6, 6.07) is 15.1. The van der Waals surface area contributed by atoms with Crippen LogP contribution in [0.5, 0.6) is 0 Å². The van der Waals surface area contributed by atoms with Gasteiger partial charge >= 0.3 is 0 Å². The third-order valence-corrected chi connectivity index (χ3v) is 4.12. The van der Waals surface area contributed by atoms with E-state index in [-0.39, 0.29) is 18.1 Å². The molecule has 0 aliphatic rings. The highest BCUT2D eigenvalue weighted by Crippen LogP contribution is 2.28. The molecule has 1 atom stereocenters. The second kappa shape index (κ2) is 6.92. The average Bonchev–Trinajstić information content (AvgIpc) is 2.45. The summed E-state index contributed by atoms with van der Waals surface area (Å²) >= 11 is 12.3. The van der Waals surface area contributed by atoms with Crippen LogP contribution in [-0.2, 0) is 11.2 Å². The van der Waals surface area contributed by atoms with Crippen molar-refractivity contribution < 1.29 is 4.79 Å². The molecule has 2 aromatic carbocycles. The first-order valence-electron chi connectivity index (χ1n) is 6.64. The lowest BCUT2D eigenvalue weighted by Gasteiger charge is -2.15. The van der Waals surface area contributed by atoms with Gasteiger partial charge in [-0.3, -0.25) is 4.79 Å². The maximum Gasteiger partial charge on any atom is 0.144 e. The van der Waals surface area contributed by atoms with Gasteiger partial charge in [-0.1, -0.05) is 66.5 Å². The van der Waals surface area contributed by atoms with E-state index in [1.165, 1.54) is 0 Å². The van der Waals surface area contributed by atoms with Gasteiger partial charge in [-0.15, -0.1) is 0 Å². The molecule has 0 heterocycles. The van der Waals surface area contributed by atoms with Crippen molar-refractivity contribution in [3.05, 3.63) is 69.7 Å². The smallest absolute Gasteiger partial charge is 0.144 e. The summed E-state index contributed by atoms with van der Waals surface area (Å²) in [7, 11) is 0. The lowest BCUT2D eigenvalue weighted by molar-refractivity contribution is -0.119. The number of carbonyl (C=O) groups excluding carboxylic acids is 1. The molecule has 2 aromatic rings. The summed E-state index contributed by atoms with van der Waals surface area (Å²) in [4.78, 5) is 12.5. The van der Waals surface area contributed by atoms with Crippen LogP contribution in [0.2, 0.25) is 10.0 Å². The molecule has 0 saturated carbocycles. The summed E-state index contributed by atoms with van der Waals surface area (Å²) in [5, 5.41) is 1.10. The van der Waals surface area contributed by atoms with E-state index in [9.17, 15) is 4.79 Å². The van der Waals surface area contributed by atoms with Gasteiger partial charge in [0.15, 0.2) is 0 Å². The van der Waals surface area contributed by atoms with Gasteiger partial charge in [0.05, 0.1) is 0 Å². The number of hydrogen-bond donors (Lipinski definition) is 0. The average molecular weight is 307 g/mol. The van der Waals surface area contributed by atoms with Gasteiger partial charge < -0.3 is 0 Å². The lowest BCUT2D eigenvalue weighted by Crippen LogP contribution is -2.15. The molecule has 0 aromatic heterocycles. The Balaban J connectivity index is 2.23. The fourth-order valence-electron chi connectivity index (χ4n) is 2.33. The fourth-order valence-corrected chi connectivity index (χ4v) is 2.86. The van der Waals surface area contributed by atoms with Crippen LogP contribution < -0.4 is 0 Å². The molecule has 0 saturated heterocycles. The Labute approximate surface area is 129 Å². The quantitative estimate of drug-likeness (QED) is 0.732. The third kappa shape index (κ3) is 3.41. The second-order valence-corrected chi connectivity index (χ2v) is 5.53. The van der Waals surface area contributed by atoms with E-state index in [1.54, 1.807) is 18.2 Å². The Morgan fingerprint density at radius 3 is 2.15 bits per heavy atom. The fraction of sp³-hybridized carbons (Fsp3) is 0.235. The minimum atomic E-state index is -0.108. The molecule has 0 radical (unpaired) electrons. The van der Waals surface area contributed by atoms with E-state index in [0.29, 0.717) is 10.0 Å². The molecule has 0 amide bonds. The molecule has 3 heteroatoms. The van der Waals surface area contributed by atoms with Gasteiger partial charge in [-0.05, 0) is 29.7 Å². The zero-order valence-electron chi connectivity index (χ0n) is 11.3. The van der Waals surface area contributed by atoms with E-state index < -0.39 is 0 Å². The monoisotopic (exact) mass is 306 g/mol. The predicted octanol–water partition coefficient (Wildman–Crippen LogP) is 5.30. The van der Waals surface area contributed by atoms with Gasteiger partial charge in [0.1, 0.15) is 5.78 Å². The summed E-state index contributed by atoms with van der Waals surface area (Å²) in [5.41, 5.74) is 1.76. The number of carbonyl (C=O) groups is 1. The van der Waals surface area contributed by atoms with Crippen LogP contribution in [0.1, 0.15) is 30.4 Å². The van der Waals surface area contributed by atoms with Gasteiger partial charge in [-0.25, -0.2) is 0 Å². The molecule has 1 unspecified atom stereocenters. The molecule has 20 heavy (non-hydrogen) atoms. The molecule has 0 bridgehead atoms. The van der Waals surface area contributed by atoms with Crippen molar-refractivity contribution in [1.29, 1.82) is 0 Å². The number of Topliss-reactive ketones (excluding diaryl/α,β-unsaturated/α-hetero) is 1. The van der Waals surface area contributed by atoms with Crippen LogP contribution in [0.3, 0.4) is 0 Å². The van der Waals surface area contributed by atoms with E-state index in [0.717, 1.165) is 17.5 Å². The first kappa shape index (κ1) is 15.1. The molecule has 104 valence electrons. The van der Waals surface area contributed by atoms with Crippen molar-refractivity contribution in [2.75, 3.05) is 0 Å². The molecule has 1 nitrogen and oxygen atoms in total. The normalized spacial score (nSPS) is 12.2. The third-order valence-electron chi connectivity index (χ3n) is 3.41. The Hall–Kier alpha value is -1.31. The summed E-state index contributed by atoms with van der Waals surface area (Å²) in [6.07, 6.45) is 1.04. The molecule has 2 rings (SSSR count). The van der Waals surface area contributed by atoms with Gasteiger partial charge in [-0.2, -0.15) is 0 Å². The molecular weight excluding hydrogens is 291 g/mol. The maximum atomic E-state index is 12.5. The Kier molecular flexibility index (Phi) is 5.22. The number of halogens is 2. The zero-order chi connectivity index (χ0) is 14.5. The summed E-state index contributed by atoms with van der Waals surface area (Å²) in [6.45, 7) is 2.02. The highest BCUT2D eigenvalue weighted by Gasteiger charge is 2.20. The maximum absolute atomic E-state index is 12.5. The Morgan fingerprint density at radius 2 is 1.60 bits per heavy atom. The van der Waals surface area contributed by atoms with E-state index in [2.05, 4.69) is 0 Å². The van der Waals surface area contributed by atoms with Crippen molar-refractivity contribution in [1.82, 2.24) is 0 Å². The van der Waals surface area contributed by atoms with Gasteiger partial charge in [0.2, 0.25) is 0 Å². The number of ketones is 1. The van der Waals surface area contributed by atoms with Crippen molar-refractivity contribution in [3.8, 4) is 0 Å². The molecular formula is C17H16Cl2O. The molecule has 0 N–H and O–H groups in total. The van der Waals surface area contributed by atoms with Crippen LogP contribution in [0.15, 0.2) is 48.5 Å². The minimum absolute atomic E-state index is 0.108. The van der Waals surface area contributed by atoms with Crippen molar-refractivity contribution in [2.45, 2.75) is 25.7 Å². The Bertz CT molecular complexity index is 573. The number of hydrogen-bond acceptors (Lipinski definition) is 1. The van der Waals surface area contributed by atoms with Crippen molar-refractivity contribution in [2.24, 2.45) is 0 Å². The highest BCUT2D eigenvalue weighted by molar-refractivity contribution is 6.36. The molecule has 0 aliphatic heterocycles. The first-order valence-corrected chi connectivity index (χ1v) is 7.39. The molecule has 0 aliphatic carbocycles. The predicted molar refractivity (Wildman–Crippen MR) is 84.6 cm³/mol. The van der Waals surface area contributed by atoms with Gasteiger partial charge in [0.25, 0.3) is 0 Å².